The number of benzene rings is 1. The van der Waals surface area contributed by atoms with Gasteiger partial charge in [-0.2, -0.15) is 0 Å². The third-order valence-electron chi connectivity index (χ3n) is 6.32. The van der Waals surface area contributed by atoms with Crippen molar-refractivity contribution in [1.29, 1.82) is 0 Å². The molecule has 204 valence electrons. The second-order valence-corrected chi connectivity index (χ2v) is 8.80. The molecule has 3 N–H and O–H groups in total. The predicted molar refractivity (Wildman–Crippen MR) is 158 cm³/mol. The van der Waals surface area contributed by atoms with Gasteiger partial charge in [-0.1, -0.05) is 25.3 Å². The number of rotatable bonds is 12. The molecular formula is C26H40Cl4FN5. The summed E-state index contributed by atoms with van der Waals surface area (Å²) in [5, 5.41) is 10.8. The molecule has 10 heteroatoms. The maximum absolute atomic E-state index is 13.2. The number of hydrogen-bond donors (Lipinski definition) is 3. The van der Waals surface area contributed by atoms with Crippen LogP contribution in [0.5, 0.6) is 0 Å². The average molecular weight is 583 g/mol. The number of fused-ring (bicyclic) bond motifs is 1. The molecule has 0 unspecified atom stereocenters. The third-order valence-corrected chi connectivity index (χ3v) is 6.32. The Morgan fingerprint density at radius 3 is 2.22 bits per heavy atom. The van der Waals surface area contributed by atoms with Crippen molar-refractivity contribution in [2.75, 3.05) is 26.2 Å². The minimum Gasteiger partial charge on any atom is -0.315 e. The van der Waals surface area contributed by atoms with E-state index in [4.69, 9.17) is 4.98 Å². The predicted octanol–water partition coefficient (Wildman–Crippen LogP) is 6.21. The summed E-state index contributed by atoms with van der Waals surface area (Å²) in [6, 6.07) is 13.4. The van der Waals surface area contributed by atoms with Crippen molar-refractivity contribution in [2.45, 2.75) is 57.5 Å². The van der Waals surface area contributed by atoms with Crippen LogP contribution in [-0.2, 0) is 6.54 Å². The Bertz CT molecular complexity index is 965. The Labute approximate surface area is 239 Å². The molecule has 4 rings (SSSR count). The summed E-state index contributed by atoms with van der Waals surface area (Å²) in [7, 11) is 0. The van der Waals surface area contributed by atoms with E-state index in [1.807, 2.05) is 18.3 Å². The van der Waals surface area contributed by atoms with Crippen LogP contribution >= 0.6 is 49.6 Å². The lowest BCUT2D eigenvalue weighted by Crippen LogP contribution is -2.36. The Balaban J connectivity index is 0.00000306. The molecule has 1 aliphatic rings. The lowest BCUT2D eigenvalue weighted by Gasteiger charge is -2.22. The molecule has 1 saturated carbocycles. The van der Waals surface area contributed by atoms with Crippen LogP contribution in [0.25, 0.3) is 16.9 Å². The first kappa shape index (κ1) is 34.9. The molecule has 0 radical (unpaired) electrons. The fourth-order valence-corrected chi connectivity index (χ4v) is 4.48. The Morgan fingerprint density at radius 2 is 1.50 bits per heavy atom. The smallest absolute Gasteiger partial charge is 0.137 e. The first-order valence-electron chi connectivity index (χ1n) is 12.2. The zero-order valence-electron chi connectivity index (χ0n) is 20.6. The first-order chi connectivity index (χ1) is 15.8. The molecular weight excluding hydrogens is 543 g/mol. The van der Waals surface area contributed by atoms with Crippen molar-refractivity contribution in [3.8, 4) is 11.3 Å². The molecule has 0 aliphatic heterocycles. The minimum absolute atomic E-state index is 0. The molecule has 1 aliphatic carbocycles. The van der Waals surface area contributed by atoms with Gasteiger partial charge in [0.2, 0.25) is 0 Å². The van der Waals surface area contributed by atoms with Crippen LogP contribution < -0.4 is 16.0 Å². The van der Waals surface area contributed by atoms with Gasteiger partial charge >= 0.3 is 0 Å². The van der Waals surface area contributed by atoms with Crippen molar-refractivity contribution < 1.29 is 4.39 Å². The van der Waals surface area contributed by atoms with Crippen molar-refractivity contribution >= 4 is 55.3 Å². The highest BCUT2D eigenvalue weighted by Gasteiger charge is 2.11. The van der Waals surface area contributed by atoms with Gasteiger partial charge in [0.1, 0.15) is 11.5 Å². The van der Waals surface area contributed by atoms with Crippen LogP contribution in [0.15, 0.2) is 48.7 Å². The molecule has 0 saturated heterocycles. The molecule has 36 heavy (non-hydrogen) atoms. The lowest BCUT2D eigenvalue weighted by molar-refractivity contribution is 0.372. The summed E-state index contributed by atoms with van der Waals surface area (Å²) in [5.74, 6) is -0.228. The Morgan fingerprint density at radius 1 is 0.806 bits per heavy atom. The molecule has 5 nitrogen and oxygen atoms in total. The van der Waals surface area contributed by atoms with Gasteiger partial charge in [-0.25, -0.2) is 9.37 Å². The summed E-state index contributed by atoms with van der Waals surface area (Å²) < 4.78 is 15.3. The standard InChI is InChI=1S/C26H36FN5.4ClH/c27-22-13-11-21(12-14-22)25-20-32-24(9-6-10-26(32)31-25)19-29-16-5-4-15-28-17-18-30-23-7-2-1-3-8-23;;;;/h6,9-14,20,23,28-30H,1-5,7-8,15-19H2;4*1H. The monoisotopic (exact) mass is 581 g/mol. The van der Waals surface area contributed by atoms with Crippen molar-refractivity contribution in [1.82, 2.24) is 25.3 Å². The van der Waals surface area contributed by atoms with Crippen molar-refractivity contribution in [3.05, 3.63) is 60.2 Å². The van der Waals surface area contributed by atoms with Gasteiger partial charge in [0.15, 0.2) is 0 Å². The fourth-order valence-electron chi connectivity index (χ4n) is 4.48. The molecule has 1 aromatic carbocycles. The van der Waals surface area contributed by atoms with Gasteiger partial charge in [0.05, 0.1) is 5.69 Å². The van der Waals surface area contributed by atoms with E-state index in [9.17, 15) is 4.39 Å². The third kappa shape index (κ3) is 10.7. The van der Waals surface area contributed by atoms with Gasteiger partial charge in [-0.3, -0.25) is 0 Å². The molecule has 0 bridgehead atoms. The molecule has 3 aromatic rings. The molecule has 1 fully saturated rings. The summed E-state index contributed by atoms with van der Waals surface area (Å²) in [5.41, 5.74) is 3.88. The number of pyridine rings is 1. The van der Waals surface area contributed by atoms with E-state index in [-0.39, 0.29) is 55.4 Å². The van der Waals surface area contributed by atoms with E-state index in [0.717, 1.165) is 62.1 Å². The van der Waals surface area contributed by atoms with Gasteiger partial charge in [-0.05, 0) is 75.2 Å². The van der Waals surface area contributed by atoms with Crippen LogP contribution in [0.1, 0.15) is 50.6 Å². The second kappa shape index (κ2) is 19.0. The highest BCUT2D eigenvalue weighted by Crippen LogP contribution is 2.20. The van der Waals surface area contributed by atoms with Gasteiger partial charge < -0.3 is 20.4 Å². The molecule has 0 amide bonds. The van der Waals surface area contributed by atoms with Crippen LogP contribution in [0.2, 0.25) is 0 Å². The highest BCUT2D eigenvalue weighted by molar-refractivity contribution is 5.86. The zero-order chi connectivity index (χ0) is 22.0. The SMILES string of the molecule is Cl.Cl.Cl.Cl.Fc1ccc(-c2cn3c(CNCCCCNCCNC4CCCCC4)cccc3n2)cc1. The molecule has 2 aromatic heterocycles. The number of unbranched alkanes of at least 4 members (excludes halogenated alkanes) is 1. The second-order valence-electron chi connectivity index (χ2n) is 8.80. The largest absolute Gasteiger partial charge is 0.315 e. The van der Waals surface area contributed by atoms with Crippen LogP contribution in [-0.4, -0.2) is 41.6 Å². The van der Waals surface area contributed by atoms with E-state index in [1.165, 1.54) is 56.4 Å². The summed E-state index contributed by atoms with van der Waals surface area (Å²) in [4.78, 5) is 4.70. The maximum Gasteiger partial charge on any atom is 0.137 e. The van der Waals surface area contributed by atoms with E-state index < -0.39 is 0 Å². The van der Waals surface area contributed by atoms with Crippen LogP contribution in [0.4, 0.5) is 4.39 Å². The Hall–Kier alpha value is -1.12. The summed E-state index contributed by atoms with van der Waals surface area (Å²) >= 11 is 0. The highest BCUT2D eigenvalue weighted by atomic mass is 35.5. The van der Waals surface area contributed by atoms with E-state index in [2.05, 4.69) is 26.4 Å². The summed E-state index contributed by atoms with van der Waals surface area (Å²) in [6.07, 6.45) is 11.3. The number of halogens is 5. The molecule has 0 atom stereocenters. The zero-order valence-corrected chi connectivity index (χ0v) is 23.9. The van der Waals surface area contributed by atoms with Gasteiger partial charge in [-0.15, -0.1) is 49.6 Å². The molecule has 0 spiro atoms. The topological polar surface area (TPSA) is 53.4 Å². The van der Waals surface area contributed by atoms with Crippen LogP contribution in [0.3, 0.4) is 0 Å². The number of aromatic nitrogens is 2. The Kier molecular flexibility index (Phi) is 18.4. The fraction of sp³-hybridized carbons (Fsp3) is 0.500. The number of nitrogens with one attached hydrogen (secondary N) is 3. The quantitative estimate of drug-likeness (QED) is 0.222. The van der Waals surface area contributed by atoms with Gasteiger partial charge in [0, 0.05) is 43.1 Å². The number of hydrogen-bond acceptors (Lipinski definition) is 4. The first-order valence-corrected chi connectivity index (χ1v) is 12.2. The summed E-state index contributed by atoms with van der Waals surface area (Å²) in [6.45, 7) is 5.01. The van der Waals surface area contributed by atoms with E-state index in [1.54, 1.807) is 12.1 Å². The van der Waals surface area contributed by atoms with E-state index in [0.29, 0.717) is 0 Å². The number of imidazole rings is 1. The lowest BCUT2D eigenvalue weighted by atomic mass is 9.95. The minimum atomic E-state index is -0.228. The molecule has 2 heterocycles. The number of nitrogens with zero attached hydrogens (tertiary/aromatic N) is 2. The van der Waals surface area contributed by atoms with Gasteiger partial charge in [0.25, 0.3) is 0 Å². The van der Waals surface area contributed by atoms with Crippen molar-refractivity contribution in [2.24, 2.45) is 0 Å². The van der Waals surface area contributed by atoms with E-state index >= 15 is 0 Å². The van der Waals surface area contributed by atoms with Crippen LogP contribution in [0, 0.1) is 5.82 Å². The normalized spacial score (nSPS) is 13.2. The average Bonchev–Trinajstić information content (AvgIpc) is 3.26. The maximum atomic E-state index is 13.2. The van der Waals surface area contributed by atoms with Crippen molar-refractivity contribution in [3.63, 3.8) is 0 Å².